The highest BCUT2D eigenvalue weighted by Gasteiger charge is 2.28. The van der Waals surface area contributed by atoms with E-state index in [4.69, 9.17) is 0 Å². The van der Waals surface area contributed by atoms with E-state index in [0.717, 1.165) is 4.90 Å². The van der Waals surface area contributed by atoms with Gasteiger partial charge in [0, 0.05) is 23.5 Å². The third-order valence-electron chi connectivity index (χ3n) is 3.23. The second-order valence-electron chi connectivity index (χ2n) is 4.74. The van der Waals surface area contributed by atoms with E-state index in [9.17, 15) is 14.4 Å². The van der Waals surface area contributed by atoms with Crippen LogP contribution in [0.3, 0.4) is 0 Å². The van der Waals surface area contributed by atoms with Crippen LogP contribution in [-0.2, 0) is 14.4 Å². The van der Waals surface area contributed by atoms with E-state index >= 15 is 0 Å². The van der Waals surface area contributed by atoms with Crippen LogP contribution in [0.2, 0.25) is 0 Å². The first-order chi connectivity index (χ1) is 9.61. The third kappa shape index (κ3) is 2.62. The van der Waals surface area contributed by atoms with Gasteiger partial charge in [0.05, 0.1) is 17.4 Å². The normalized spacial score (nSPS) is 20.9. The van der Waals surface area contributed by atoms with Gasteiger partial charge in [-0.15, -0.1) is 11.8 Å². The predicted octanol–water partition coefficient (Wildman–Crippen LogP) is 0.805. The van der Waals surface area contributed by atoms with Crippen LogP contribution >= 0.6 is 11.8 Å². The molecule has 1 atom stereocenters. The van der Waals surface area contributed by atoms with Gasteiger partial charge < -0.3 is 16.0 Å². The predicted molar refractivity (Wildman–Crippen MR) is 75.5 cm³/mol. The van der Waals surface area contributed by atoms with Crippen molar-refractivity contribution in [1.29, 1.82) is 0 Å². The molecule has 1 saturated heterocycles. The SMILES string of the molecule is O=C1CC(C(=O)Nc2ccc3c(c2)NC(=O)CS3)CN1. The molecule has 2 aliphatic rings. The number of benzene rings is 1. The highest BCUT2D eigenvalue weighted by molar-refractivity contribution is 8.00. The van der Waals surface area contributed by atoms with Crippen LogP contribution in [0.5, 0.6) is 0 Å². The molecule has 1 aromatic rings. The van der Waals surface area contributed by atoms with Crippen molar-refractivity contribution in [2.45, 2.75) is 11.3 Å². The lowest BCUT2D eigenvalue weighted by Gasteiger charge is -2.17. The van der Waals surface area contributed by atoms with E-state index in [-0.39, 0.29) is 30.1 Å². The molecule has 1 unspecified atom stereocenters. The summed E-state index contributed by atoms with van der Waals surface area (Å²) in [6, 6.07) is 5.40. The van der Waals surface area contributed by atoms with Crippen LogP contribution < -0.4 is 16.0 Å². The van der Waals surface area contributed by atoms with E-state index < -0.39 is 0 Å². The van der Waals surface area contributed by atoms with Crippen molar-refractivity contribution in [3.05, 3.63) is 18.2 Å². The van der Waals surface area contributed by atoms with Crippen LogP contribution in [0, 0.1) is 5.92 Å². The lowest BCUT2D eigenvalue weighted by atomic mass is 10.1. The number of amides is 3. The minimum Gasteiger partial charge on any atom is -0.355 e. The van der Waals surface area contributed by atoms with E-state index in [1.54, 1.807) is 12.1 Å². The monoisotopic (exact) mass is 291 g/mol. The second-order valence-corrected chi connectivity index (χ2v) is 5.76. The first-order valence-corrected chi connectivity index (χ1v) is 7.24. The molecule has 1 fully saturated rings. The first kappa shape index (κ1) is 13.0. The van der Waals surface area contributed by atoms with Crippen LogP contribution in [0.25, 0.3) is 0 Å². The lowest BCUT2D eigenvalue weighted by molar-refractivity contribution is -0.123. The summed E-state index contributed by atoms with van der Waals surface area (Å²) in [6.07, 6.45) is 0.226. The van der Waals surface area contributed by atoms with Gasteiger partial charge in [-0.05, 0) is 18.2 Å². The fourth-order valence-corrected chi connectivity index (χ4v) is 2.98. The molecule has 0 saturated carbocycles. The maximum Gasteiger partial charge on any atom is 0.234 e. The van der Waals surface area contributed by atoms with Crippen molar-refractivity contribution in [1.82, 2.24) is 5.32 Å². The number of fused-ring (bicyclic) bond motifs is 1. The Morgan fingerprint density at radius 2 is 2.15 bits per heavy atom. The Labute approximate surface area is 119 Å². The Morgan fingerprint density at radius 3 is 2.90 bits per heavy atom. The van der Waals surface area contributed by atoms with Crippen molar-refractivity contribution in [3.8, 4) is 0 Å². The third-order valence-corrected chi connectivity index (χ3v) is 4.30. The lowest BCUT2D eigenvalue weighted by Crippen LogP contribution is -2.25. The summed E-state index contributed by atoms with van der Waals surface area (Å²) in [6.45, 7) is 0.377. The van der Waals surface area contributed by atoms with Crippen molar-refractivity contribution in [3.63, 3.8) is 0 Å². The fraction of sp³-hybridized carbons (Fsp3) is 0.308. The number of carbonyl (C=O) groups is 3. The van der Waals surface area contributed by atoms with E-state index in [0.29, 0.717) is 23.7 Å². The Balaban J connectivity index is 1.71. The summed E-state index contributed by atoms with van der Waals surface area (Å²) >= 11 is 1.47. The van der Waals surface area contributed by atoms with Crippen LogP contribution in [0.1, 0.15) is 6.42 Å². The highest BCUT2D eigenvalue weighted by Crippen LogP contribution is 2.33. The largest absolute Gasteiger partial charge is 0.355 e. The zero-order chi connectivity index (χ0) is 14.1. The molecular formula is C13H13N3O3S. The molecule has 3 amide bonds. The molecule has 20 heavy (non-hydrogen) atoms. The molecule has 3 rings (SSSR count). The molecule has 2 heterocycles. The zero-order valence-electron chi connectivity index (χ0n) is 10.6. The molecule has 0 aliphatic carbocycles. The van der Waals surface area contributed by atoms with Gasteiger partial charge in [-0.25, -0.2) is 0 Å². The molecule has 1 aromatic carbocycles. The minimum atomic E-state index is -0.331. The summed E-state index contributed by atoms with van der Waals surface area (Å²) < 4.78 is 0. The van der Waals surface area contributed by atoms with Crippen LogP contribution in [0.15, 0.2) is 23.1 Å². The smallest absolute Gasteiger partial charge is 0.234 e. The molecule has 0 radical (unpaired) electrons. The standard InChI is InChI=1S/C13H13N3O3S/c17-11-3-7(5-14-11)13(19)15-8-1-2-10-9(4-8)16-12(18)6-20-10/h1-2,4,7H,3,5-6H2,(H,14,17)(H,15,19)(H,16,18). The van der Waals surface area contributed by atoms with Crippen molar-refractivity contribution < 1.29 is 14.4 Å². The summed E-state index contributed by atoms with van der Waals surface area (Å²) in [5, 5.41) is 8.18. The Bertz CT molecular complexity index is 603. The number of hydrogen-bond donors (Lipinski definition) is 3. The quantitative estimate of drug-likeness (QED) is 0.752. The summed E-state index contributed by atoms with van der Waals surface area (Å²) in [7, 11) is 0. The Hall–Kier alpha value is -2.02. The molecule has 0 aromatic heterocycles. The van der Waals surface area contributed by atoms with Gasteiger partial charge in [0.1, 0.15) is 0 Å². The van der Waals surface area contributed by atoms with Crippen LogP contribution in [0.4, 0.5) is 11.4 Å². The minimum absolute atomic E-state index is 0.0448. The van der Waals surface area contributed by atoms with Gasteiger partial charge >= 0.3 is 0 Å². The molecular weight excluding hydrogens is 278 g/mol. The number of nitrogens with one attached hydrogen (secondary N) is 3. The molecule has 104 valence electrons. The van der Waals surface area contributed by atoms with Crippen molar-refractivity contribution in [2.24, 2.45) is 5.92 Å². The molecule has 0 spiro atoms. The molecule has 2 aliphatic heterocycles. The summed E-state index contributed by atoms with van der Waals surface area (Å²) in [5.74, 6) is -0.245. The van der Waals surface area contributed by atoms with E-state index in [1.807, 2.05) is 6.07 Å². The number of rotatable bonds is 2. The Kier molecular flexibility index (Phi) is 3.35. The first-order valence-electron chi connectivity index (χ1n) is 6.26. The van der Waals surface area contributed by atoms with Gasteiger partial charge in [0.15, 0.2) is 0 Å². The summed E-state index contributed by atoms with van der Waals surface area (Å²) in [4.78, 5) is 35.4. The van der Waals surface area contributed by atoms with E-state index in [1.165, 1.54) is 11.8 Å². The number of thioether (sulfide) groups is 1. The maximum atomic E-state index is 12.0. The zero-order valence-corrected chi connectivity index (χ0v) is 11.4. The van der Waals surface area contributed by atoms with Gasteiger partial charge in [-0.1, -0.05) is 0 Å². The average molecular weight is 291 g/mol. The number of carbonyl (C=O) groups excluding carboxylic acids is 3. The maximum absolute atomic E-state index is 12.0. The van der Waals surface area contributed by atoms with Gasteiger partial charge in [0.2, 0.25) is 17.7 Å². The summed E-state index contributed by atoms with van der Waals surface area (Å²) in [5.41, 5.74) is 1.33. The molecule has 6 nitrogen and oxygen atoms in total. The van der Waals surface area contributed by atoms with Crippen molar-refractivity contribution >= 4 is 40.9 Å². The molecule has 0 bridgehead atoms. The highest BCUT2D eigenvalue weighted by atomic mass is 32.2. The second kappa shape index (κ2) is 5.16. The van der Waals surface area contributed by atoms with Crippen LogP contribution in [-0.4, -0.2) is 30.0 Å². The Morgan fingerprint density at radius 1 is 1.30 bits per heavy atom. The number of anilines is 2. The number of hydrogen-bond acceptors (Lipinski definition) is 4. The van der Waals surface area contributed by atoms with Gasteiger partial charge in [-0.2, -0.15) is 0 Å². The molecule has 7 heteroatoms. The van der Waals surface area contributed by atoms with Crippen molar-refractivity contribution in [2.75, 3.05) is 22.9 Å². The van der Waals surface area contributed by atoms with Gasteiger partial charge in [-0.3, -0.25) is 14.4 Å². The molecule has 3 N–H and O–H groups in total. The van der Waals surface area contributed by atoms with Gasteiger partial charge in [0.25, 0.3) is 0 Å². The average Bonchev–Trinajstić information content (AvgIpc) is 2.85. The fourth-order valence-electron chi connectivity index (χ4n) is 2.20. The van der Waals surface area contributed by atoms with E-state index in [2.05, 4.69) is 16.0 Å². The topological polar surface area (TPSA) is 87.3 Å².